The van der Waals surface area contributed by atoms with Gasteiger partial charge in [0, 0.05) is 22.4 Å². The number of nitrogens with zero attached hydrogens (tertiary/aromatic N) is 1. The highest BCUT2D eigenvalue weighted by molar-refractivity contribution is 5.94. The molecule has 53 heavy (non-hydrogen) atoms. The van der Waals surface area contributed by atoms with Gasteiger partial charge in [-0.05, 0) is 97.6 Å². The summed E-state index contributed by atoms with van der Waals surface area (Å²) in [6.45, 7) is 4.76. The van der Waals surface area contributed by atoms with Gasteiger partial charge < -0.3 is 4.90 Å². The van der Waals surface area contributed by atoms with Crippen LogP contribution in [-0.2, 0) is 10.8 Å². The lowest BCUT2D eigenvalue weighted by Crippen LogP contribution is -2.40. The molecule has 0 saturated heterocycles. The van der Waals surface area contributed by atoms with Gasteiger partial charge in [0.15, 0.2) is 0 Å². The second-order valence-corrected chi connectivity index (χ2v) is 14.9. The molecule has 10 rings (SSSR count). The average molecular weight is 678 g/mol. The van der Waals surface area contributed by atoms with Crippen molar-refractivity contribution in [3.63, 3.8) is 0 Å². The Kier molecular flexibility index (Phi) is 7.13. The third-order valence-electron chi connectivity index (χ3n) is 11.7. The maximum Gasteiger partial charge on any atom is 0.0719 e. The van der Waals surface area contributed by atoms with Gasteiger partial charge in [0.2, 0.25) is 0 Å². The molecule has 8 aromatic carbocycles. The first-order chi connectivity index (χ1) is 26.1. The number of benzene rings is 8. The lowest BCUT2D eigenvalue weighted by molar-refractivity contribution is 0.563. The van der Waals surface area contributed by atoms with Gasteiger partial charge in [0.05, 0.1) is 11.1 Å². The van der Waals surface area contributed by atoms with Crippen molar-refractivity contribution in [3.8, 4) is 33.4 Å². The van der Waals surface area contributed by atoms with E-state index >= 15 is 0 Å². The highest BCUT2D eigenvalue weighted by atomic mass is 15.1. The van der Waals surface area contributed by atoms with E-state index in [9.17, 15) is 0 Å². The Morgan fingerprint density at radius 3 is 1.53 bits per heavy atom. The van der Waals surface area contributed by atoms with E-state index < -0.39 is 5.41 Å². The Morgan fingerprint density at radius 1 is 0.321 bits per heavy atom. The highest BCUT2D eigenvalue weighted by Gasteiger charge is 2.53. The van der Waals surface area contributed by atoms with Crippen LogP contribution in [0.1, 0.15) is 47.2 Å². The monoisotopic (exact) mass is 677 g/mol. The van der Waals surface area contributed by atoms with Gasteiger partial charge in [-0.3, -0.25) is 0 Å². The first-order valence-electron chi connectivity index (χ1n) is 18.6. The molecular weight excluding hydrogens is 639 g/mol. The summed E-state index contributed by atoms with van der Waals surface area (Å²) in [4.78, 5) is 2.43. The molecule has 0 unspecified atom stereocenters. The highest BCUT2D eigenvalue weighted by Crippen LogP contribution is 2.62. The average Bonchev–Trinajstić information content (AvgIpc) is 3.51. The smallest absolute Gasteiger partial charge is 0.0719 e. The summed E-state index contributed by atoms with van der Waals surface area (Å²) < 4.78 is 0. The van der Waals surface area contributed by atoms with Crippen LogP contribution in [0.5, 0.6) is 0 Å². The number of fused-ring (bicyclic) bond motifs is 9. The summed E-state index contributed by atoms with van der Waals surface area (Å²) in [7, 11) is 0. The normalized spacial score (nSPS) is 14.2. The molecule has 2 aliphatic rings. The fourth-order valence-corrected chi connectivity index (χ4v) is 9.41. The Morgan fingerprint density at radius 2 is 0.830 bits per heavy atom. The fraction of sp³-hybridized carbons (Fsp3) is 0.0769. The Bertz CT molecular complexity index is 2600. The van der Waals surface area contributed by atoms with Crippen molar-refractivity contribution >= 4 is 17.1 Å². The number of anilines is 3. The van der Waals surface area contributed by atoms with Crippen LogP contribution < -0.4 is 4.90 Å². The molecule has 252 valence electrons. The molecule has 0 atom stereocenters. The minimum Gasteiger partial charge on any atom is -0.310 e. The topological polar surface area (TPSA) is 3.24 Å². The van der Waals surface area contributed by atoms with E-state index in [0.29, 0.717) is 0 Å². The molecule has 0 aromatic heterocycles. The van der Waals surface area contributed by atoms with Crippen LogP contribution in [0.2, 0.25) is 0 Å². The summed E-state index contributed by atoms with van der Waals surface area (Å²) in [6, 6.07) is 73.8. The van der Waals surface area contributed by atoms with Crippen molar-refractivity contribution in [2.75, 3.05) is 4.90 Å². The van der Waals surface area contributed by atoms with Crippen LogP contribution in [0.3, 0.4) is 0 Å². The van der Waals surface area contributed by atoms with Gasteiger partial charge in [-0.2, -0.15) is 0 Å². The van der Waals surface area contributed by atoms with Crippen molar-refractivity contribution in [1.29, 1.82) is 0 Å². The van der Waals surface area contributed by atoms with Crippen LogP contribution in [0.15, 0.2) is 200 Å². The van der Waals surface area contributed by atoms with Gasteiger partial charge >= 0.3 is 0 Å². The van der Waals surface area contributed by atoms with E-state index in [4.69, 9.17) is 0 Å². The predicted molar refractivity (Wildman–Crippen MR) is 221 cm³/mol. The molecular formula is C52H39N. The van der Waals surface area contributed by atoms with Crippen LogP contribution >= 0.6 is 0 Å². The van der Waals surface area contributed by atoms with Crippen molar-refractivity contribution < 1.29 is 0 Å². The standard InChI is InChI=1S/C52H39N/c1-51(2)46-27-12-14-29-48(46)52(49-30-15-13-28-47(49)51)44-26-11-9-25-42(44)43-35-40(32-33-45(43)52)53(39-22-7-4-8-23-39)50-31-16-10-24-41(50)38-21-17-20-37(34-38)36-18-5-3-6-19-36/h3-35H,1-2H3. The lowest BCUT2D eigenvalue weighted by Gasteiger charge is -2.46. The zero-order valence-electron chi connectivity index (χ0n) is 30.0. The molecule has 2 aliphatic carbocycles. The maximum atomic E-state index is 2.44. The number of hydrogen-bond acceptors (Lipinski definition) is 1. The Hall–Kier alpha value is -6.44. The number of hydrogen-bond donors (Lipinski definition) is 0. The van der Waals surface area contributed by atoms with Gasteiger partial charge in [-0.15, -0.1) is 0 Å². The predicted octanol–water partition coefficient (Wildman–Crippen LogP) is 13.5. The Labute approximate surface area is 312 Å². The number of rotatable bonds is 5. The second kappa shape index (κ2) is 12.1. The SMILES string of the molecule is CC1(C)c2ccccc2C2(c3ccccc3-c3cc(N(c4ccccc4)c4ccccc4-c4cccc(-c5ccccc5)c4)ccc32)c2ccccc21. The molecule has 8 aromatic rings. The first kappa shape index (κ1) is 31.3. The fourth-order valence-electron chi connectivity index (χ4n) is 9.41. The third kappa shape index (κ3) is 4.64. The first-order valence-corrected chi connectivity index (χ1v) is 18.6. The molecule has 0 heterocycles. The number of para-hydroxylation sites is 2. The third-order valence-corrected chi connectivity index (χ3v) is 11.7. The van der Waals surface area contributed by atoms with Gasteiger partial charge in [0.1, 0.15) is 0 Å². The van der Waals surface area contributed by atoms with E-state index in [2.05, 4.69) is 219 Å². The lowest BCUT2D eigenvalue weighted by atomic mass is 9.55. The van der Waals surface area contributed by atoms with Crippen molar-refractivity contribution in [3.05, 3.63) is 234 Å². The summed E-state index contributed by atoms with van der Waals surface area (Å²) in [5, 5.41) is 0. The van der Waals surface area contributed by atoms with Crippen LogP contribution in [0.25, 0.3) is 33.4 Å². The summed E-state index contributed by atoms with van der Waals surface area (Å²) in [5.41, 5.74) is 18.5. The molecule has 1 spiro atoms. The van der Waals surface area contributed by atoms with Crippen molar-refractivity contribution in [1.82, 2.24) is 0 Å². The van der Waals surface area contributed by atoms with Crippen molar-refractivity contribution in [2.24, 2.45) is 0 Å². The second-order valence-electron chi connectivity index (χ2n) is 14.9. The minimum absolute atomic E-state index is 0.123. The summed E-state index contributed by atoms with van der Waals surface area (Å²) in [5.74, 6) is 0. The maximum absolute atomic E-state index is 2.44. The zero-order chi connectivity index (χ0) is 35.6. The van der Waals surface area contributed by atoms with E-state index in [-0.39, 0.29) is 5.41 Å². The Balaban J connectivity index is 1.21. The minimum atomic E-state index is -0.416. The molecule has 1 heteroatoms. The van der Waals surface area contributed by atoms with Gasteiger partial charge in [-0.1, -0.05) is 178 Å². The summed E-state index contributed by atoms with van der Waals surface area (Å²) >= 11 is 0. The van der Waals surface area contributed by atoms with E-state index in [0.717, 1.165) is 17.1 Å². The molecule has 0 bridgehead atoms. The van der Waals surface area contributed by atoms with Gasteiger partial charge in [0.25, 0.3) is 0 Å². The summed E-state index contributed by atoms with van der Waals surface area (Å²) in [6.07, 6.45) is 0. The molecule has 0 saturated carbocycles. The largest absolute Gasteiger partial charge is 0.310 e. The molecule has 0 radical (unpaired) electrons. The zero-order valence-corrected chi connectivity index (χ0v) is 30.0. The van der Waals surface area contributed by atoms with Crippen LogP contribution in [-0.4, -0.2) is 0 Å². The molecule has 0 aliphatic heterocycles. The van der Waals surface area contributed by atoms with E-state index in [1.165, 1.54) is 66.8 Å². The van der Waals surface area contributed by atoms with Crippen LogP contribution in [0, 0.1) is 0 Å². The van der Waals surface area contributed by atoms with Crippen molar-refractivity contribution in [2.45, 2.75) is 24.7 Å². The van der Waals surface area contributed by atoms with E-state index in [1.807, 2.05) is 0 Å². The van der Waals surface area contributed by atoms with Gasteiger partial charge in [-0.25, -0.2) is 0 Å². The molecule has 0 fully saturated rings. The van der Waals surface area contributed by atoms with E-state index in [1.54, 1.807) is 0 Å². The molecule has 0 N–H and O–H groups in total. The van der Waals surface area contributed by atoms with Crippen LogP contribution in [0.4, 0.5) is 17.1 Å². The molecule has 1 nitrogen and oxygen atoms in total. The quantitative estimate of drug-likeness (QED) is 0.175. The molecule has 0 amide bonds.